The maximum atomic E-state index is 13.5. The average molecular weight is 571 g/mol. The Balaban J connectivity index is 1.48. The highest BCUT2D eigenvalue weighted by Crippen LogP contribution is 2.75. The Morgan fingerprint density at radius 1 is 1.15 bits per heavy atom. The van der Waals surface area contributed by atoms with Crippen LogP contribution >= 0.6 is 0 Å². The Labute approximate surface area is 243 Å². The first-order valence-corrected chi connectivity index (χ1v) is 15.4. The van der Waals surface area contributed by atoms with Gasteiger partial charge in [-0.2, -0.15) is 0 Å². The van der Waals surface area contributed by atoms with E-state index >= 15 is 0 Å². The Bertz CT molecular complexity index is 1220. The number of carbonyl (C=O) groups excluding carboxylic acids is 3. The third-order valence-corrected chi connectivity index (χ3v) is 12.8. The molecule has 1 N–H and O–H groups in total. The number of aliphatic hydroxyl groups is 1. The summed E-state index contributed by atoms with van der Waals surface area (Å²) in [5.41, 5.74) is -0.0413. The van der Waals surface area contributed by atoms with Gasteiger partial charge in [0.1, 0.15) is 12.2 Å². The summed E-state index contributed by atoms with van der Waals surface area (Å²) >= 11 is 0. The van der Waals surface area contributed by atoms with Gasteiger partial charge in [0.2, 0.25) is 0 Å². The number of esters is 3. The van der Waals surface area contributed by atoms with Gasteiger partial charge in [-0.3, -0.25) is 9.59 Å². The van der Waals surface area contributed by atoms with Crippen LogP contribution < -0.4 is 0 Å². The number of ether oxygens (including phenoxy) is 4. The first kappa shape index (κ1) is 28.9. The van der Waals surface area contributed by atoms with Gasteiger partial charge in [0.15, 0.2) is 0 Å². The second kappa shape index (κ2) is 9.40. The zero-order valence-electron chi connectivity index (χ0n) is 25.5. The molecule has 0 radical (unpaired) electrons. The molecule has 12 atom stereocenters. The summed E-state index contributed by atoms with van der Waals surface area (Å²) in [4.78, 5) is 37.7. The van der Waals surface area contributed by atoms with E-state index in [4.69, 9.17) is 18.9 Å². The van der Waals surface area contributed by atoms with Crippen molar-refractivity contribution in [2.24, 2.45) is 45.3 Å². The zero-order valence-corrected chi connectivity index (χ0v) is 25.5. The van der Waals surface area contributed by atoms with E-state index in [0.717, 1.165) is 19.3 Å². The third kappa shape index (κ3) is 3.74. The van der Waals surface area contributed by atoms with Gasteiger partial charge < -0.3 is 24.1 Å². The summed E-state index contributed by atoms with van der Waals surface area (Å²) in [5.74, 6) is -0.589. The molecular formula is C33H46O8. The maximum Gasteiger partial charge on any atom is 0.333 e. The lowest BCUT2D eigenvalue weighted by molar-refractivity contribution is -0.263. The predicted molar refractivity (Wildman–Crippen MR) is 149 cm³/mol. The van der Waals surface area contributed by atoms with Crippen molar-refractivity contribution >= 4 is 17.9 Å². The number of fused-ring (bicyclic) bond motifs is 4. The fourth-order valence-corrected chi connectivity index (χ4v) is 10.9. The van der Waals surface area contributed by atoms with Crippen molar-refractivity contribution < 1.29 is 38.4 Å². The molecule has 2 heterocycles. The highest BCUT2D eigenvalue weighted by atomic mass is 16.6. The highest BCUT2D eigenvalue weighted by molar-refractivity contribution is 5.87. The molecule has 0 unspecified atom stereocenters. The van der Waals surface area contributed by atoms with Gasteiger partial charge in [0.05, 0.1) is 31.8 Å². The summed E-state index contributed by atoms with van der Waals surface area (Å²) < 4.78 is 24.4. The molecule has 41 heavy (non-hydrogen) atoms. The molecule has 0 spiro atoms. The Kier molecular flexibility index (Phi) is 6.63. The maximum absolute atomic E-state index is 13.5. The molecule has 226 valence electrons. The van der Waals surface area contributed by atoms with Gasteiger partial charge in [-0.1, -0.05) is 45.4 Å². The van der Waals surface area contributed by atoms with Gasteiger partial charge in [-0.15, -0.1) is 0 Å². The van der Waals surface area contributed by atoms with Crippen LogP contribution in [0.4, 0.5) is 0 Å². The molecule has 6 aliphatic rings. The fraction of sp³-hybridized carbons (Fsp3) is 0.788. The monoisotopic (exact) mass is 570 g/mol. The van der Waals surface area contributed by atoms with E-state index in [1.807, 2.05) is 6.92 Å². The predicted octanol–water partition coefficient (Wildman–Crippen LogP) is 4.53. The number of hydrogen-bond donors (Lipinski definition) is 1. The summed E-state index contributed by atoms with van der Waals surface area (Å²) in [5, 5.41) is 12.0. The highest BCUT2D eigenvalue weighted by Gasteiger charge is 2.77. The molecule has 8 heteroatoms. The van der Waals surface area contributed by atoms with Crippen molar-refractivity contribution in [1.82, 2.24) is 0 Å². The molecule has 0 bridgehead atoms. The van der Waals surface area contributed by atoms with E-state index in [2.05, 4.69) is 33.8 Å². The second-order valence-electron chi connectivity index (χ2n) is 14.7. The Morgan fingerprint density at radius 2 is 1.88 bits per heavy atom. The number of aliphatic hydroxyl groups excluding tert-OH is 1. The van der Waals surface area contributed by atoms with Crippen molar-refractivity contribution in [2.45, 2.75) is 105 Å². The summed E-state index contributed by atoms with van der Waals surface area (Å²) in [6.07, 6.45) is 5.29. The van der Waals surface area contributed by atoms with Crippen LogP contribution in [0.2, 0.25) is 0 Å². The molecule has 8 nitrogen and oxygen atoms in total. The molecule has 0 aromatic carbocycles. The Hall–Kier alpha value is -2.19. The second-order valence-corrected chi connectivity index (χ2v) is 14.7. The zero-order chi connectivity index (χ0) is 29.7. The lowest BCUT2D eigenvalue weighted by Gasteiger charge is -2.69. The molecule has 2 aliphatic heterocycles. The van der Waals surface area contributed by atoms with E-state index in [0.29, 0.717) is 31.6 Å². The van der Waals surface area contributed by atoms with Crippen molar-refractivity contribution in [3.8, 4) is 0 Å². The quantitative estimate of drug-likeness (QED) is 0.227. The van der Waals surface area contributed by atoms with Gasteiger partial charge in [0, 0.05) is 47.0 Å². The fourth-order valence-electron chi connectivity index (χ4n) is 10.9. The van der Waals surface area contributed by atoms with Gasteiger partial charge >= 0.3 is 17.9 Å². The lowest BCUT2D eigenvalue weighted by atomic mass is 9.36. The van der Waals surface area contributed by atoms with E-state index in [9.17, 15) is 19.5 Å². The number of rotatable bonds is 4. The number of hydrogen-bond acceptors (Lipinski definition) is 8. The van der Waals surface area contributed by atoms with Crippen molar-refractivity contribution in [3.05, 3.63) is 23.3 Å². The van der Waals surface area contributed by atoms with E-state index in [-0.39, 0.29) is 47.0 Å². The van der Waals surface area contributed by atoms with E-state index in [1.54, 1.807) is 13.0 Å². The SMILES string of the molecule is C/C=C(\C)C(=O)O[C@@H]1[C@@H]2OC[C@]3(C)[C@H](OC(C)=O)C[C@@H](O)[C@@](C)([C@@H]23)[C@H]2CC[C@]3(C)C(=CC[C@H]3[C@H]3COC(=O)C3)[C@]12C. The first-order valence-electron chi connectivity index (χ1n) is 15.4. The minimum atomic E-state index is -0.713. The molecule has 0 amide bonds. The Morgan fingerprint density at radius 3 is 2.51 bits per heavy atom. The standard InChI is InChI=1S/C33H46O8/c1-8-17(2)29(37)41-28-26-27-31(5,16-39-26)24(40-18(3)34)14-23(35)33(27,7)22-11-12-30(4)20(19-13-25(36)38-15-19)9-10-21(30)32(22,28)6/h8,10,19-20,22-24,26-28,35H,9,11-16H2,1-7H3/b17-8+/t19-,20+,22+,23-,24-,26-,27+,28-,30+,31-,32+,33+/m1/s1. The van der Waals surface area contributed by atoms with Crippen LogP contribution in [-0.2, 0) is 33.3 Å². The van der Waals surface area contributed by atoms with Crippen molar-refractivity contribution in [3.63, 3.8) is 0 Å². The molecule has 2 saturated heterocycles. The topological polar surface area (TPSA) is 108 Å². The first-order chi connectivity index (χ1) is 19.2. The average Bonchev–Trinajstić information content (AvgIpc) is 3.60. The molecule has 0 aromatic rings. The van der Waals surface area contributed by atoms with Crippen LogP contribution in [-0.4, -0.2) is 60.6 Å². The minimum Gasteiger partial charge on any atom is -0.465 e. The summed E-state index contributed by atoms with van der Waals surface area (Å²) in [6, 6.07) is 0. The van der Waals surface area contributed by atoms with Gasteiger partial charge in [-0.05, 0) is 50.4 Å². The lowest BCUT2D eigenvalue weighted by Crippen LogP contribution is -2.73. The van der Waals surface area contributed by atoms with E-state index in [1.165, 1.54) is 12.5 Å². The molecule has 5 fully saturated rings. The number of allylic oxidation sites excluding steroid dienone is 2. The van der Waals surface area contributed by atoms with Gasteiger partial charge in [0.25, 0.3) is 0 Å². The van der Waals surface area contributed by atoms with Crippen LogP contribution in [0.3, 0.4) is 0 Å². The van der Waals surface area contributed by atoms with Crippen molar-refractivity contribution in [2.75, 3.05) is 13.2 Å². The molecule has 6 rings (SSSR count). The third-order valence-electron chi connectivity index (χ3n) is 12.8. The number of carbonyl (C=O) groups is 3. The van der Waals surface area contributed by atoms with Crippen LogP contribution in [0.25, 0.3) is 0 Å². The van der Waals surface area contributed by atoms with Crippen LogP contribution in [0.1, 0.15) is 80.6 Å². The van der Waals surface area contributed by atoms with E-state index < -0.39 is 40.7 Å². The van der Waals surface area contributed by atoms with Gasteiger partial charge in [-0.25, -0.2) is 4.79 Å². The normalized spacial score (nSPS) is 50.3. The molecule has 4 aliphatic carbocycles. The molecule has 3 saturated carbocycles. The minimum absolute atomic E-state index is 0.00815. The smallest absolute Gasteiger partial charge is 0.333 e. The van der Waals surface area contributed by atoms with Crippen LogP contribution in [0.5, 0.6) is 0 Å². The molecule has 0 aromatic heterocycles. The van der Waals surface area contributed by atoms with Crippen LogP contribution in [0.15, 0.2) is 23.3 Å². The summed E-state index contributed by atoms with van der Waals surface area (Å²) in [7, 11) is 0. The largest absolute Gasteiger partial charge is 0.465 e. The van der Waals surface area contributed by atoms with Crippen molar-refractivity contribution in [1.29, 1.82) is 0 Å². The molecular weight excluding hydrogens is 524 g/mol. The summed E-state index contributed by atoms with van der Waals surface area (Å²) in [6.45, 7) is 14.7. The van der Waals surface area contributed by atoms with Crippen LogP contribution in [0, 0.1) is 45.3 Å². The number of cyclic esters (lactones) is 1.